The van der Waals surface area contributed by atoms with Gasteiger partial charge < -0.3 is 29.0 Å². The number of carbonyl (C=O) groups excluding carboxylic acids is 1. The first-order valence-electron chi connectivity index (χ1n) is 12.4. The second-order valence-corrected chi connectivity index (χ2v) is 10.4. The zero-order valence-electron chi connectivity index (χ0n) is 22.0. The number of rotatable bonds is 11. The van der Waals surface area contributed by atoms with Crippen LogP contribution >= 0.6 is 0 Å². The largest absolute Gasteiger partial charge is 0.493 e. The molecule has 13 heteroatoms. The second kappa shape index (κ2) is 11.1. The molecule has 11 nitrogen and oxygen atoms in total. The molecule has 0 spiro atoms. The molecule has 0 aliphatic heterocycles. The van der Waals surface area contributed by atoms with E-state index in [2.05, 4.69) is 19.8 Å². The van der Waals surface area contributed by atoms with E-state index in [1.165, 1.54) is 0 Å². The highest BCUT2D eigenvalue weighted by Crippen LogP contribution is 2.47. The van der Waals surface area contributed by atoms with Crippen LogP contribution in [0, 0.1) is 11.2 Å². The summed E-state index contributed by atoms with van der Waals surface area (Å²) >= 11 is 0. The van der Waals surface area contributed by atoms with Crippen molar-refractivity contribution in [3.63, 3.8) is 0 Å². The van der Waals surface area contributed by atoms with E-state index in [-0.39, 0.29) is 5.69 Å². The summed E-state index contributed by atoms with van der Waals surface area (Å²) < 4.78 is 66.1. The Labute approximate surface area is 235 Å². The highest BCUT2D eigenvalue weighted by molar-refractivity contribution is 7.81. The molecule has 0 atom stereocenters. The number of aromatic nitrogens is 1. The fourth-order valence-electron chi connectivity index (χ4n) is 4.25. The maximum Gasteiger partial charge on any atom is 0.446 e. The zero-order valence-corrected chi connectivity index (χ0v) is 22.8. The zero-order chi connectivity index (χ0) is 29.2. The molecule has 1 aliphatic carbocycles. The van der Waals surface area contributed by atoms with Gasteiger partial charge in [-0.15, -0.1) is 0 Å². The van der Waals surface area contributed by atoms with Crippen molar-refractivity contribution in [1.29, 1.82) is 0 Å². The molecule has 0 unspecified atom stereocenters. The molecule has 1 amide bonds. The molecule has 0 bridgehead atoms. The minimum Gasteiger partial charge on any atom is -0.493 e. The van der Waals surface area contributed by atoms with Gasteiger partial charge in [0, 0.05) is 35.9 Å². The third kappa shape index (κ3) is 6.42. The molecule has 1 heterocycles. The summed E-state index contributed by atoms with van der Waals surface area (Å²) in [5.74, 6) is 0.564. The van der Waals surface area contributed by atoms with Crippen molar-refractivity contribution in [3.05, 3.63) is 72.7 Å². The van der Waals surface area contributed by atoms with Gasteiger partial charge in [0.15, 0.2) is 17.2 Å². The summed E-state index contributed by atoms with van der Waals surface area (Å²) in [6, 6.07) is 15.5. The topological polar surface area (TPSA) is 145 Å². The van der Waals surface area contributed by atoms with Crippen molar-refractivity contribution in [3.8, 4) is 28.7 Å². The van der Waals surface area contributed by atoms with Crippen LogP contribution in [0.4, 0.5) is 15.8 Å². The summed E-state index contributed by atoms with van der Waals surface area (Å²) in [7, 11) is -1.80. The summed E-state index contributed by atoms with van der Waals surface area (Å²) in [6.07, 6.45) is 2.82. The normalized spacial score (nSPS) is 13.8. The van der Waals surface area contributed by atoms with Crippen LogP contribution in [0.3, 0.4) is 0 Å². The Morgan fingerprint density at radius 1 is 0.976 bits per heavy atom. The molecule has 1 fully saturated rings. The highest BCUT2D eigenvalue weighted by Gasteiger charge is 2.49. The minimum absolute atomic E-state index is 0.0819. The number of nitrogens with one attached hydrogen (secondary N) is 2. The predicted molar refractivity (Wildman–Crippen MR) is 149 cm³/mol. The lowest BCUT2D eigenvalue weighted by atomic mass is 10.1. The first kappa shape index (κ1) is 27.9. The third-order valence-electron chi connectivity index (χ3n) is 6.64. The number of hydrogen-bond acceptors (Lipinski definition) is 9. The van der Waals surface area contributed by atoms with Crippen molar-refractivity contribution >= 4 is 38.6 Å². The summed E-state index contributed by atoms with van der Waals surface area (Å²) in [5, 5.41) is 6.57. The number of amides is 1. The maximum atomic E-state index is 13.6. The Bertz CT molecular complexity index is 1710. The van der Waals surface area contributed by atoms with Crippen molar-refractivity contribution in [2.75, 3.05) is 31.4 Å². The number of anilines is 2. The van der Waals surface area contributed by atoms with Gasteiger partial charge in [-0.3, -0.25) is 14.3 Å². The molecule has 41 heavy (non-hydrogen) atoms. The smallest absolute Gasteiger partial charge is 0.446 e. The average Bonchev–Trinajstić information content (AvgIpc) is 3.74. The third-order valence-corrected chi connectivity index (χ3v) is 7.03. The number of ether oxygens (including phenoxy) is 3. The van der Waals surface area contributed by atoms with Crippen LogP contribution in [0.25, 0.3) is 10.9 Å². The fraction of sp³-hybridized carbons (Fsp3) is 0.214. The van der Waals surface area contributed by atoms with Crippen molar-refractivity contribution < 1.29 is 40.5 Å². The van der Waals surface area contributed by atoms with E-state index in [9.17, 15) is 17.6 Å². The quantitative estimate of drug-likeness (QED) is 0.202. The highest BCUT2D eigenvalue weighted by atomic mass is 32.3. The SMILES string of the molecule is COc1cc2nccc(Oc3ccc(NCC4(C(=O)Nc5ccc(F)cc5OS(=O)(=O)O)CC4)cc3)c2cc1OC. The van der Waals surface area contributed by atoms with E-state index in [0.717, 1.165) is 29.3 Å². The van der Waals surface area contributed by atoms with Crippen LogP contribution < -0.4 is 29.0 Å². The Morgan fingerprint density at radius 2 is 1.68 bits per heavy atom. The van der Waals surface area contributed by atoms with Crippen LogP contribution in [-0.2, 0) is 15.2 Å². The van der Waals surface area contributed by atoms with E-state index in [1.54, 1.807) is 50.7 Å². The number of nitrogens with zero attached hydrogens (tertiary/aromatic N) is 1. The minimum atomic E-state index is -4.91. The van der Waals surface area contributed by atoms with E-state index in [4.69, 9.17) is 18.8 Å². The number of carbonyl (C=O) groups is 1. The van der Waals surface area contributed by atoms with Gasteiger partial charge in [0.2, 0.25) is 5.91 Å². The van der Waals surface area contributed by atoms with E-state index >= 15 is 0 Å². The molecule has 4 aromatic rings. The van der Waals surface area contributed by atoms with E-state index in [0.29, 0.717) is 47.9 Å². The molecule has 3 N–H and O–H groups in total. The molecule has 1 aliphatic rings. The number of methoxy groups -OCH3 is 2. The molecular formula is C28H26FN3O8S. The number of hydrogen-bond donors (Lipinski definition) is 3. The predicted octanol–water partition coefficient (Wildman–Crippen LogP) is 5.20. The first-order chi connectivity index (χ1) is 19.6. The van der Waals surface area contributed by atoms with Gasteiger partial charge in [0.1, 0.15) is 17.3 Å². The Balaban J connectivity index is 1.24. The fourth-order valence-corrected chi connectivity index (χ4v) is 4.61. The Hall–Kier alpha value is -4.62. The van der Waals surface area contributed by atoms with Gasteiger partial charge in [-0.1, -0.05) is 0 Å². The lowest BCUT2D eigenvalue weighted by Gasteiger charge is -2.18. The summed E-state index contributed by atoms with van der Waals surface area (Å²) in [4.78, 5) is 17.4. The standard InChI is InChI=1S/C28H26FN3O8S/c1-37-25-14-20-22(15-26(25)38-2)30-12-9-23(20)39-19-6-4-18(5-7-19)31-16-28(10-11-28)27(33)32-21-8-3-17(29)13-24(21)40-41(34,35)36/h3-9,12-15,31H,10-11,16H2,1-2H3,(H,32,33)(H,34,35,36). The van der Waals surface area contributed by atoms with Crippen molar-refractivity contribution in [2.24, 2.45) is 5.41 Å². The molecule has 0 saturated heterocycles. The van der Waals surface area contributed by atoms with Gasteiger partial charge in [-0.05, 0) is 61.4 Å². The summed E-state index contributed by atoms with van der Waals surface area (Å²) in [5.41, 5.74) is 0.597. The number of pyridine rings is 1. The Morgan fingerprint density at radius 3 is 2.34 bits per heavy atom. The van der Waals surface area contributed by atoms with Gasteiger partial charge >= 0.3 is 10.4 Å². The average molecular weight is 584 g/mol. The molecular weight excluding hydrogens is 557 g/mol. The van der Waals surface area contributed by atoms with Crippen molar-refractivity contribution in [1.82, 2.24) is 4.98 Å². The molecule has 0 radical (unpaired) electrons. The van der Waals surface area contributed by atoms with Gasteiger partial charge in [-0.2, -0.15) is 8.42 Å². The van der Waals surface area contributed by atoms with Crippen LogP contribution in [0.2, 0.25) is 0 Å². The van der Waals surface area contributed by atoms with Crippen LogP contribution in [0.15, 0.2) is 66.9 Å². The first-order valence-corrected chi connectivity index (χ1v) is 13.8. The lowest BCUT2D eigenvalue weighted by Crippen LogP contribution is -2.30. The molecule has 1 aromatic heterocycles. The summed E-state index contributed by atoms with van der Waals surface area (Å²) in [6.45, 7) is 0.297. The monoisotopic (exact) mass is 583 g/mol. The molecule has 214 valence electrons. The van der Waals surface area contributed by atoms with E-state index < -0.39 is 33.3 Å². The van der Waals surface area contributed by atoms with Crippen LogP contribution in [0.5, 0.6) is 28.7 Å². The van der Waals surface area contributed by atoms with E-state index in [1.807, 2.05) is 12.1 Å². The van der Waals surface area contributed by atoms with Gasteiger partial charge in [0.05, 0.1) is 30.8 Å². The second-order valence-electron chi connectivity index (χ2n) is 9.40. The number of benzene rings is 3. The van der Waals surface area contributed by atoms with Gasteiger partial charge in [-0.25, -0.2) is 4.39 Å². The molecule has 5 rings (SSSR count). The number of fused-ring (bicyclic) bond motifs is 1. The van der Waals surface area contributed by atoms with Crippen LogP contribution in [-0.4, -0.2) is 44.6 Å². The lowest BCUT2D eigenvalue weighted by molar-refractivity contribution is -0.120. The molecule has 3 aromatic carbocycles. The maximum absolute atomic E-state index is 13.6. The van der Waals surface area contributed by atoms with Crippen LogP contribution in [0.1, 0.15) is 12.8 Å². The van der Waals surface area contributed by atoms with Gasteiger partial charge in [0.25, 0.3) is 0 Å². The van der Waals surface area contributed by atoms with Crippen molar-refractivity contribution in [2.45, 2.75) is 12.8 Å². The number of halogens is 1. The molecule has 1 saturated carbocycles. The Kier molecular flexibility index (Phi) is 7.56.